The molecule has 0 unspecified atom stereocenters. The summed E-state index contributed by atoms with van der Waals surface area (Å²) in [6.07, 6.45) is 0. The molecule has 0 aliphatic heterocycles. The second-order valence-electron chi connectivity index (χ2n) is 3.64. The molecule has 0 bridgehead atoms. The summed E-state index contributed by atoms with van der Waals surface area (Å²) < 4.78 is 0. The molecule has 0 radical (unpaired) electrons. The van der Waals surface area contributed by atoms with Crippen molar-refractivity contribution in [2.45, 2.75) is 0 Å². The van der Waals surface area contributed by atoms with Gasteiger partial charge < -0.3 is 0 Å². The molecule has 86 valence electrons. The molecule has 0 atom stereocenters. The number of hydrogen-bond acceptors (Lipinski definition) is 1. The van der Waals surface area contributed by atoms with E-state index in [2.05, 4.69) is 34.0 Å². The van der Waals surface area contributed by atoms with E-state index in [1.165, 1.54) is 0 Å². The Balaban J connectivity index is 2.25. The van der Waals surface area contributed by atoms with Crippen molar-refractivity contribution in [3.63, 3.8) is 0 Å². The lowest BCUT2D eigenvalue weighted by molar-refractivity contribution is 1.25. The fourth-order valence-corrected chi connectivity index (χ4v) is 1.62. The molecule has 2 rings (SSSR count). The molecule has 3 nitrogen and oxygen atoms in total. The summed E-state index contributed by atoms with van der Waals surface area (Å²) >= 11 is 0. The molecule has 0 aromatic heterocycles. The van der Waals surface area contributed by atoms with Crippen LogP contribution < -0.4 is 0 Å². The Hall–Kier alpha value is -2.69. The van der Waals surface area contributed by atoms with Crippen molar-refractivity contribution in [2.24, 2.45) is 5.11 Å². The van der Waals surface area contributed by atoms with Gasteiger partial charge in [0.05, 0.1) is 6.54 Å². The van der Waals surface area contributed by atoms with Crippen LogP contribution in [0.25, 0.3) is 21.6 Å². The third-order valence-electron chi connectivity index (χ3n) is 2.42. The van der Waals surface area contributed by atoms with Crippen LogP contribution in [-0.4, -0.2) is 6.54 Å². The molecule has 0 saturated heterocycles. The SMILES string of the molecule is [N-]=[N+]=NCC#Cc1cccc(-c2ccccc2)c1. The molecule has 2 aromatic carbocycles. The van der Waals surface area contributed by atoms with Gasteiger partial charge in [0.25, 0.3) is 0 Å². The summed E-state index contributed by atoms with van der Waals surface area (Å²) in [4.78, 5) is 2.65. The van der Waals surface area contributed by atoms with Gasteiger partial charge in [-0.25, -0.2) is 0 Å². The Labute approximate surface area is 106 Å². The van der Waals surface area contributed by atoms with Gasteiger partial charge in [-0.2, -0.15) is 0 Å². The zero-order valence-electron chi connectivity index (χ0n) is 9.74. The van der Waals surface area contributed by atoms with Crippen LogP contribution in [-0.2, 0) is 0 Å². The van der Waals surface area contributed by atoms with Crippen LogP contribution in [0.15, 0.2) is 59.7 Å². The molecule has 0 saturated carbocycles. The quantitative estimate of drug-likeness (QED) is 0.325. The molecule has 3 heteroatoms. The van der Waals surface area contributed by atoms with E-state index in [0.29, 0.717) is 0 Å². The molecular formula is C15H11N3. The zero-order chi connectivity index (χ0) is 12.6. The van der Waals surface area contributed by atoms with Gasteiger partial charge in [0.1, 0.15) is 0 Å². The minimum atomic E-state index is 0.200. The second kappa shape index (κ2) is 6.15. The van der Waals surface area contributed by atoms with E-state index in [0.717, 1.165) is 16.7 Å². The van der Waals surface area contributed by atoms with Gasteiger partial charge in [-0.15, -0.1) is 0 Å². The van der Waals surface area contributed by atoms with Crippen LogP contribution in [0.4, 0.5) is 0 Å². The van der Waals surface area contributed by atoms with Crippen molar-refractivity contribution in [3.8, 4) is 23.0 Å². The van der Waals surface area contributed by atoms with Crippen molar-refractivity contribution in [1.82, 2.24) is 0 Å². The van der Waals surface area contributed by atoms with Crippen LogP contribution >= 0.6 is 0 Å². The lowest BCUT2D eigenvalue weighted by Gasteiger charge is -2.01. The molecule has 0 aliphatic rings. The highest BCUT2D eigenvalue weighted by atomic mass is 15.1. The predicted molar refractivity (Wildman–Crippen MR) is 72.8 cm³/mol. The van der Waals surface area contributed by atoms with Crippen LogP contribution in [0.2, 0.25) is 0 Å². The highest BCUT2D eigenvalue weighted by Gasteiger charge is 1.96. The summed E-state index contributed by atoms with van der Waals surface area (Å²) in [6, 6.07) is 18.1. The summed E-state index contributed by atoms with van der Waals surface area (Å²) in [5, 5.41) is 3.37. The maximum absolute atomic E-state index is 8.15. The van der Waals surface area contributed by atoms with Crippen LogP contribution in [0.1, 0.15) is 5.56 Å². The van der Waals surface area contributed by atoms with E-state index in [4.69, 9.17) is 5.53 Å². The van der Waals surface area contributed by atoms with E-state index >= 15 is 0 Å². The topological polar surface area (TPSA) is 48.8 Å². The first-order valence-electron chi connectivity index (χ1n) is 5.55. The first kappa shape index (κ1) is 11.8. The second-order valence-corrected chi connectivity index (χ2v) is 3.64. The van der Waals surface area contributed by atoms with E-state index in [9.17, 15) is 0 Å². The van der Waals surface area contributed by atoms with Gasteiger partial charge in [-0.05, 0) is 28.8 Å². The Bertz CT molecular complexity index is 630. The zero-order valence-corrected chi connectivity index (χ0v) is 9.74. The van der Waals surface area contributed by atoms with Crippen molar-refractivity contribution in [2.75, 3.05) is 6.54 Å². The molecule has 0 N–H and O–H groups in total. The number of hydrogen-bond donors (Lipinski definition) is 0. The maximum atomic E-state index is 8.15. The lowest BCUT2D eigenvalue weighted by Crippen LogP contribution is -1.80. The van der Waals surface area contributed by atoms with E-state index in [1.54, 1.807) is 0 Å². The van der Waals surface area contributed by atoms with Crippen LogP contribution in [0.3, 0.4) is 0 Å². The standard InChI is InChI=1S/C15H11N3/c16-18-17-11-5-7-13-6-4-10-15(12-13)14-8-2-1-3-9-14/h1-4,6,8-10,12H,11H2. The normalized spacial score (nSPS) is 8.89. The summed E-state index contributed by atoms with van der Waals surface area (Å²) in [6.45, 7) is 0.200. The van der Waals surface area contributed by atoms with Crippen molar-refractivity contribution >= 4 is 0 Å². The average Bonchev–Trinajstić information content (AvgIpc) is 2.45. The lowest BCUT2D eigenvalue weighted by atomic mass is 10.0. The molecule has 0 aliphatic carbocycles. The van der Waals surface area contributed by atoms with E-state index < -0.39 is 0 Å². The monoisotopic (exact) mass is 233 g/mol. The summed E-state index contributed by atoms with van der Waals surface area (Å²) in [5.41, 5.74) is 11.4. The number of rotatable bonds is 2. The number of azide groups is 1. The number of nitrogens with zero attached hydrogens (tertiary/aromatic N) is 3. The first-order chi connectivity index (χ1) is 8.90. The number of benzene rings is 2. The molecule has 0 amide bonds. The minimum Gasteiger partial charge on any atom is -0.0919 e. The van der Waals surface area contributed by atoms with Gasteiger partial charge >= 0.3 is 0 Å². The third kappa shape index (κ3) is 3.15. The summed E-state index contributed by atoms with van der Waals surface area (Å²) in [7, 11) is 0. The molecular weight excluding hydrogens is 222 g/mol. The molecule has 0 fully saturated rings. The van der Waals surface area contributed by atoms with Gasteiger partial charge in [-0.3, -0.25) is 0 Å². The highest BCUT2D eigenvalue weighted by molar-refractivity contribution is 5.65. The smallest absolute Gasteiger partial charge is 0.0880 e. The van der Waals surface area contributed by atoms with E-state index in [-0.39, 0.29) is 6.54 Å². The minimum absolute atomic E-state index is 0.200. The fraction of sp³-hybridized carbons (Fsp3) is 0.0667. The van der Waals surface area contributed by atoms with Crippen LogP contribution in [0.5, 0.6) is 0 Å². The van der Waals surface area contributed by atoms with E-state index in [1.807, 2.05) is 42.5 Å². The first-order valence-corrected chi connectivity index (χ1v) is 5.55. The van der Waals surface area contributed by atoms with Crippen molar-refractivity contribution in [3.05, 3.63) is 70.6 Å². The van der Waals surface area contributed by atoms with Gasteiger partial charge in [0, 0.05) is 10.5 Å². The van der Waals surface area contributed by atoms with Gasteiger partial charge in [0.2, 0.25) is 0 Å². The summed E-state index contributed by atoms with van der Waals surface area (Å²) in [5.74, 6) is 5.79. The average molecular weight is 233 g/mol. The largest absolute Gasteiger partial charge is 0.0919 e. The Morgan fingerprint density at radius 2 is 1.78 bits per heavy atom. The Morgan fingerprint density at radius 3 is 2.56 bits per heavy atom. The molecule has 2 aromatic rings. The maximum Gasteiger partial charge on any atom is 0.0880 e. The molecule has 0 heterocycles. The predicted octanol–water partition coefficient (Wildman–Crippen LogP) is 4.02. The highest BCUT2D eigenvalue weighted by Crippen LogP contribution is 2.19. The van der Waals surface area contributed by atoms with Crippen LogP contribution in [0, 0.1) is 11.8 Å². The third-order valence-corrected chi connectivity index (χ3v) is 2.42. The van der Waals surface area contributed by atoms with Crippen molar-refractivity contribution < 1.29 is 0 Å². The van der Waals surface area contributed by atoms with Gasteiger partial charge in [-0.1, -0.05) is 59.4 Å². The molecule has 0 spiro atoms. The fourth-order valence-electron chi connectivity index (χ4n) is 1.62. The van der Waals surface area contributed by atoms with Gasteiger partial charge in [0.15, 0.2) is 0 Å². The van der Waals surface area contributed by atoms with Crippen molar-refractivity contribution in [1.29, 1.82) is 0 Å². The Kier molecular flexibility index (Phi) is 4.02. The Morgan fingerprint density at radius 1 is 1.00 bits per heavy atom. The molecule has 18 heavy (non-hydrogen) atoms.